The molecule has 0 aliphatic heterocycles. The highest BCUT2D eigenvalue weighted by Crippen LogP contribution is 2.31. The summed E-state index contributed by atoms with van der Waals surface area (Å²) in [6.45, 7) is 1.81. The minimum atomic E-state index is -0.261. The van der Waals surface area contributed by atoms with Crippen molar-refractivity contribution in [3.63, 3.8) is 0 Å². The molecule has 3 aromatic rings. The van der Waals surface area contributed by atoms with Gasteiger partial charge in [0.2, 0.25) is 5.91 Å². The van der Waals surface area contributed by atoms with Gasteiger partial charge in [0.1, 0.15) is 5.69 Å². The van der Waals surface area contributed by atoms with E-state index in [2.05, 4.69) is 5.32 Å². The van der Waals surface area contributed by atoms with Crippen molar-refractivity contribution >= 4 is 11.6 Å². The average Bonchev–Trinajstić information content (AvgIpc) is 2.95. The zero-order valence-corrected chi connectivity index (χ0v) is 17.1. The fourth-order valence-corrected chi connectivity index (χ4v) is 3.31. The van der Waals surface area contributed by atoms with Crippen LogP contribution in [-0.4, -0.2) is 29.5 Å². The molecule has 0 saturated heterocycles. The molecule has 0 saturated carbocycles. The van der Waals surface area contributed by atoms with Crippen molar-refractivity contribution in [2.24, 2.45) is 7.05 Å². The predicted molar refractivity (Wildman–Crippen MR) is 112 cm³/mol. The Labute approximate surface area is 169 Å². The summed E-state index contributed by atoms with van der Waals surface area (Å²) in [5.74, 6) is 1.00. The number of hydrogen-bond acceptors (Lipinski definition) is 4. The van der Waals surface area contributed by atoms with Crippen LogP contribution >= 0.6 is 0 Å². The largest absolute Gasteiger partial charge is 0.493 e. The van der Waals surface area contributed by atoms with Crippen LogP contribution in [0.1, 0.15) is 17.7 Å². The molecule has 0 radical (unpaired) electrons. The molecule has 0 unspecified atom stereocenters. The van der Waals surface area contributed by atoms with Gasteiger partial charge in [0.25, 0.3) is 5.56 Å². The zero-order valence-electron chi connectivity index (χ0n) is 17.1. The van der Waals surface area contributed by atoms with E-state index in [0.29, 0.717) is 29.3 Å². The molecule has 1 aromatic heterocycles. The van der Waals surface area contributed by atoms with Crippen molar-refractivity contribution in [2.75, 3.05) is 19.5 Å². The number of methoxy groups -OCH3 is 2. The second-order valence-electron chi connectivity index (χ2n) is 6.64. The summed E-state index contributed by atoms with van der Waals surface area (Å²) in [7, 11) is 4.94. The number of carbonyl (C=O) groups excluding carboxylic acids is 1. The first-order valence-electron chi connectivity index (χ1n) is 9.31. The lowest BCUT2D eigenvalue weighted by Crippen LogP contribution is -2.23. The molecular weight excluding hydrogens is 370 g/mol. The first kappa shape index (κ1) is 20.3. The molecule has 0 aliphatic carbocycles. The molecule has 1 heterocycles. The van der Waals surface area contributed by atoms with Gasteiger partial charge in [0.15, 0.2) is 11.5 Å². The average molecular weight is 395 g/mol. The Morgan fingerprint density at radius 1 is 1.03 bits per heavy atom. The SMILES string of the molecule is COc1cccc(CCC(=O)Nc2c(C)n(C)n(-c3ccccc3)c2=O)c1OC. The van der Waals surface area contributed by atoms with Crippen LogP contribution in [0.2, 0.25) is 0 Å². The van der Waals surface area contributed by atoms with E-state index in [-0.39, 0.29) is 17.9 Å². The van der Waals surface area contributed by atoms with Crippen LogP contribution in [0.5, 0.6) is 11.5 Å². The van der Waals surface area contributed by atoms with Crippen LogP contribution in [0, 0.1) is 6.92 Å². The first-order chi connectivity index (χ1) is 14.0. The highest BCUT2D eigenvalue weighted by atomic mass is 16.5. The zero-order chi connectivity index (χ0) is 21.0. The van der Waals surface area contributed by atoms with Crippen LogP contribution in [0.25, 0.3) is 5.69 Å². The number of carbonyl (C=O) groups is 1. The van der Waals surface area contributed by atoms with E-state index < -0.39 is 0 Å². The van der Waals surface area contributed by atoms with Crippen LogP contribution in [0.15, 0.2) is 53.3 Å². The third kappa shape index (κ3) is 4.03. The third-order valence-corrected chi connectivity index (χ3v) is 4.92. The molecule has 0 fully saturated rings. The van der Waals surface area contributed by atoms with Gasteiger partial charge in [0, 0.05) is 13.5 Å². The van der Waals surface area contributed by atoms with Crippen molar-refractivity contribution in [2.45, 2.75) is 19.8 Å². The van der Waals surface area contributed by atoms with Gasteiger partial charge in [-0.25, -0.2) is 4.68 Å². The number of anilines is 1. The van der Waals surface area contributed by atoms with Gasteiger partial charge in [-0.2, -0.15) is 0 Å². The number of rotatable bonds is 7. The Morgan fingerprint density at radius 3 is 2.41 bits per heavy atom. The molecule has 2 aromatic carbocycles. The van der Waals surface area contributed by atoms with E-state index in [1.54, 1.807) is 25.9 Å². The molecule has 3 rings (SSSR count). The van der Waals surface area contributed by atoms with Gasteiger partial charge in [-0.05, 0) is 37.1 Å². The van der Waals surface area contributed by atoms with E-state index in [0.717, 1.165) is 11.3 Å². The van der Waals surface area contributed by atoms with Gasteiger partial charge < -0.3 is 14.8 Å². The molecule has 1 N–H and O–H groups in total. The lowest BCUT2D eigenvalue weighted by molar-refractivity contribution is -0.116. The van der Waals surface area contributed by atoms with Gasteiger partial charge in [0.05, 0.1) is 25.6 Å². The number of para-hydroxylation sites is 2. The number of ether oxygens (including phenoxy) is 2. The summed E-state index contributed by atoms with van der Waals surface area (Å²) in [5, 5.41) is 2.78. The van der Waals surface area contributed by atoms with Crippen molar-refractivity contribution in [3.05, 3.63) is 70.1 Å². The summed E-state index contributed by atoms with van der Waals surface area (Å²) in [5.41, 5.74) is 2.33. The highest BCUT2D eigenvalue weighted by Gasteiger charge is 2.18. The van der Waals surface area contributed by atoms with Gasteiger partial charge in [-0.15, -0.1) is 0 Å². The normalized spacial score (nSPS) is 10.6. The number of nitrogens with one attached hydrogen (secondary N) is 1. The van der Waals surface area contributed by atoms with Crippen LogP contribution in [-0.2, 0) is 18.3 Å². The lowest BCUT2D eigenvalue weighted by Gasteiger charge is -2.12. The Kier molecular flexibility index (Phi) is 6.07. The number of nitrogens with zero attached hydrogens (tertiary/aromatic N) is 2. The molecule has 0 atom stereocenters. The van der Waals surface area contributed by atoms with E-state index in [1.165, 1.54) is 4.68 Å². The third-order valence-electron chi connectivity index (χ3n) is 4.92. The number of hydrogen-bond donors (Lipinski definition) is 1. The lowest BCUT2D eigenvalue weighted by atomic mass is 10.1. The highest BCUT2D eigenvalue weighted by molar-refractivity contribution is 5.91. The smallest absolute Gasteiger partial charge is 0.295 e. The Hall–Kier alpha value is -3.48. The first-order valence-corrected chi connectivity index (χ1v) is 9.31. The maximum absolute atomic E-state index is 12.9. The molecule has 29 heavy (non-hydrogen) atoms. The van der Waals surface area contributed by atoms with Crippen LogP contribution < -0.4 is 20.3 Å². The summed E-state index contributed by atoms with van der Waals surface area (Å²) in [6, 6.07) is 14.9. The quantitative estimate of drug-likeness (QED) is 0.667. The number of aromatic nitrogens is 2. The van der Waals surface area contributed by atoms with Crippen molar-refractivity contribution in [3.8, 4) is 17.2 Å². The molecule has 7 heteroatoms. The summed E-state index contributed by atoms with van der Waals surface area (Å²) >= 11 is 0. The Morgan fingerprint density at radius 2 is 1.76 bits per heavy atom. The Bertz CT molecular complexity index is 1070. The molecular formula is C22H25N3O4. The van der Waals surface area contributed by atoms with E-state index in [9.17, 15) is 9.59 Å². The summed E-state index contributed by atoms with van der Waals surface area (Å²) < 4.78 is 14.0. The standard InChI is InChI=1S/C22H25N3O4/c1-15-20(22(27)25(24(15)2)17-10-6-5-7-11-17)23-19(26)14-13-16-9-8-12-18(28-3)21(16)29-4/h5-12H,13-14H2,1-4H3,(H,23,26). The summed E-state index contributed by atoms with van der Waals surface area (Å²) in [4.78, 5) is 25.5. The molecule has 152 valence electrons. The molecule has 1 amide bonds. The van der Waals surface area contributed by atoms with E-state index in [4.69, 9.17) is 9.47 Å². The molecule has 0 aliphatic rings. The van der Waals surface area contributed by atoms with Crippen LogP contribution in [0.4, 0.5) is 5.69 Å². The van der Waals surface area contributed by atoms with Crippen LogP contribution in [0.3, 0.4) is 0 Å². The van der Waals surface area contributed by atoms with Gasteiger partial charge >= 0.3 is 0 Å². The van der Waals surface area contributed by atoms with Crippen molar-refractivity contribution in [1.82, 2.24) is 9.36 Å². The van der Waals surface area contributed by atoms with E-state index in [1.807, 2.05) is 55.5 Å². The Balaban J connectivity index is 1.78. The fourth-order valence-electron chi connectivity index (χ4n) is 3.31. The fraction of sp³-hybridized carbons (Fsp3) is 0.273. The monoisotopic (exact) mass is 395 g/mol. The van der Waals surface area contributed by atoms with Crippen molar-refractivity contribution in [1.29, 1.82) is 0 Å². The number of amides is 1. The van der Waals surface area contributed by atoms with Gasteiger partial charge in [-0.1, -0.05) is 30.3 Å². The topological polar surface area (TPSA) is 74.5 Å². The molecule has 7 nitrogen and oxygen atoms in total. The van der Waals surface area contributed by atoms with Gasteiger partial charge in [-0.3, -0.25) is 14.3 Å². The summed E-state index contributed by atoms with van der Waals surface area (Å²) in [6.07, 6.45) is 0.674. The maximum Gasteiger partial charge on any atom is 0.295 e. The van der Waals surface area contributed by atoms with Crippen molar-refractivity contribution < 1.29 is 14.3 Å². The predicted octanol–water partition coefficient (Wildman–Crippen LogP) is 3.07. The second-order valence-corrected chi connectivity index (χ2v) is 6.64. The minimum Gasteiger partial charge on any atom is -0.493 e. The second kappa shape index (κ2) is 8.68. The number of aryl methyl sites for hydroxylation is 1. The van der Waals surface area contributed by atoms with E-state index >= 15 is 0 Å². The maximum atomic E-state index is 12.9. The number of benzene rings is 2. The molecule has 0 bridgehead atoms. The molecule has 0 spiro atoms. The minimum absolute atomic E-state index is 0.211.